The standard InChI is InChI=1S/C20H23NO2S/c1-20(2)15-21(12-13-23-20)19(22)17-8-10-18(11-9-17)24-14-16-6-4-3-5-7-16/h3-11H,12-15H2,1-2H3. The zero-order valence-corrected chi connectivity index (χ0v) is 15.0. The maximum atomic E-state index is 12.6. The Labute approximate surface area is 148 Å². The highest BCUT2D eigenvalue weighted by Gasteiger charge is 2.30. The Morgan fingerprint density at radius 3 is 2.50 bits per heavy atom. The Balaban J connectivity index is 1.60. The van der Waals surface area contributed by atoms with Gasteiger partial charge in [0.2, 0.25) is 0 Å². The molecule has 24 heavy (non-hydrogen) atoms. The summed E-state index contributed by atoms with van der Waals surface area (Å²) in [6.07, 6.45) is 0. The van der Waals surface area contributed by atoms with Gasteiger partial charge < -0.3 is 9.64 Å². The van der Waals surface area contributed by atoms with Crippen LogP contribution >= 0.6 is 11.8 Å². The number of amides is 1. The van der Waals surface area contributed by atoms with E-state index in [1.165, 1.54) is 10.5 Å². The van der Waals surface area contributed by atoms with Gasteiger partial charge in [-0.25, -0.2) is 0 Å². The topological polar surface area (TPSA) is 29.5 Å². The molecule has 0 spiro atoms. The van der Waals surface area contributed by atoms with Gasteiger partial charge in [0, 0.05) is 29.3 Å². The number of thioether (sulfide) groups is 1. The Bertz CT molecular complexity index is 683. The lowest BCUT2D eigenvalue weighted by atomic mass is 10.1. The summed E-state index contributed by atoms with van der Waals surface area (Å²) in [6.45, 7) is 5.94. The van der Waals surface area contributed by atoms with E-state index in [1.807, 2.05) is 49.1 Å². The van der Waals surface area contributed by atoms with Crippen LogP contribution in [0.2, 0.25) is 0 Å². The quantitative estimate of drug-likeness (QED) is 0.780. The average molecular weight is 341 g/mol. The van der Waals surface area contributed by atoms with Crippen molar-refractivity contribution >= 4 is 17.7 Å². The van der Waals surface area contributed by atoms with Gasteiger partial charge in [0.05, 0.1) is 12.2 Å². The molecule has 1 aliphatic rings. The zero-order chi connectivity index (χ0) is 17.0. The molecule has 0 unspecified atom stereocenters. The summed E-state index contributed by atoms with van der Waals surface area (Å²) in [7, 11) is 0. The zero-order valence-electron chi connectivity index (χ0n) is 14.2. The van der Waals surface area contributed by atoms with E-state index in [0.29, 0.717) is 19.7 Å². The molecule has 1 aliphatic heterocycles. The monoisotopic (exact) mass is 341 g/mol. The summed E-state index contributed by atoms with van der Waals surface area (Å²) < 4.78 is 5.68. The van der Waals surface area contributed by atoms with Crippen molar-refractivity contribution in [3.05, 3.63) is 65.7 Å². The number of morpholine rings is 1. The summed E-state index contributed by atoms with van der Waals surface area (Å²) in [5.41, 5.74) is 1.79. The second kappa shape index (κ2) is 7.41. The number of carbonyl (C=O) groups is 1. The predicted octanol–water partition coefficient (Wildman–Crippen LogP) is 4.23. The van der Waals surface area contributed by atoms with Crippen molar-refractivity contribution in [2.75, 3.05) is 19.7 Å². The number of ether oxygens (including phenoxy) is 1. The minimum Gasteiger partial charge on any atom is -0.372 e. The fraction of sp³-hybridized carbons (Fsp3) is 0.350. The molecule has 2 aromatic rings. The van der Waals surface area contributed by atoms with E-state index in [1.54, 1.807) is 11.8 Å². The first-order chi connectivity index (χ1) is 11.5. The van der Waals surface area contributed by atoms with E-state index < -0.39 is 0 Å². The van der Waals surface area contributed by atoms with E-state index in [4.69, 9.17) is 4.74 Å². The number of rotatable bonds is 4. The molecular weight excluding hydrogens is 318 g/mol. The molecule has 0 atom stereocenters. The van der Waals surface area contributed by atoms with Crippen molar-refractivity contribution < 1.29 is 9.53 Å². The minimum absolute atomic E-state index is 0.0889. The van der Waals surface area contributed by atoms with Crippen molar-refractivity contribution in [3.63, 3.8) is 0 Å². The third-order valence-corrected chi connectivity index (χ3v) is 5.15. The molecule has 0 aliphatic carbocycles. The SMILES string of the molecule is CC1(C)CN(C(=O)c2ccc(SCc3ccccc3)cc2)CCO1. The molecule has 0 radical (unpaired) electrons. The van der Waals surface area contributed by atoms with Crippen LogP contribution in [0.1, 0.15) is 29.8 Å². The van der Waals surface area contributed by atoms with E-state index in [2.05, 4.69) is 24.3 Å². The van der Waals surface area contributed by atoms with Gasteiger partial charge in [0.15, 0.2) is 0 Å². The Kier molecular flexibility index (Phi) is 5.27. The van der Waals surface area contributed by atoms with E-state index in [0.717, 1.165) is 11.3 Å². The van der Waals surface area contributed by atoms with Gasteiger partial charge in [-0.05, 0) is 43.7 Å². The molecule has 1 fully saturated rings. The summed E-state index contributed by atoms with van der Waals surface area (Å²) >= 11 is 1.78. The molecule has 1 saturated heterocycles. The van der Waals surface area contributed by atoms with E-state index >= 15 is 0 Å². The molecule has 2 aromatic carbocycles. The second-order valence-corrected chi connectivity index (χ2v) is 7.68. The molecule has 0 aromatic heterocycles. The third-order valence-electron chi connectivity index (χ3n) is 4.06. The molecule has 126 valence electrons. The molecule has 3 nitrogen and oxygen atoms in total. The molecule has 1 heterocycles. The minimum atomic E-state index is -0.264. The first-order valence-electron chi connectivity index (χ1n) is 8.23. The average Bonchev–Trinajstić information content (AvgIpc) is 2.60. The van der Waals surface area contributed by atoms with Gasteiger partial charge >= 0.3 is 0 Å². The highest BCUT2D eigenvalue weighted by molar-refractivity contribution is 7.98. The van der Waals surface area contributed by atoms with Crippen LogP contribution in [0.4, 0.5) is 0 Å². The van der Waals surface area contributed by atoms with E-state index in [-0.39, 0.29) is 11.5 Å². The number of hydrogen-bond acceptors (Lipinski definition) is 3. The van der Waals surface area contributed by atoms with Crippen LogP contribution in [0.25, 0.3) is 0 Å². The lowest BCUT2D eigenvalue weighted by Gasteiger charge is -2.38. The lowest BCUT2D eigenvalue weighted by molar-refractivity contribution is -0.0764. The van der Waals surface area contributed by atoms with Gasteiger partial charge in [0.25, 0.3) is 5.91 Å². The third kappa shape index (κ3) is 4.40. The molecule has 0 N–H and O–H groups in total. The molecular formula is C20H23NO2S. The van der Waals surface area contributed by atoms with Gasteiger partial charge in [-0.2, -0.15) is 0 Å². The van der Waals surface area contributed by atoms with Crippen LogP contribution in [0.15, 0.2) is 59.5 Å². The van der Waals surface area contributed by atoms with Crippen LogP contribution in [0.5, 0.6) is 0 Å². The predicted molar refractivity (Wildman–Crippen MR) is 98.4 cm³/mol. The Hall–Kier alpha value is -1.78. The fourth-order valence-electron chi connectivity index (χ4n) is 2.81. The molecule has 0 saturated carbocycles. The van der Waals surface area contributed by atoms with Crippen molar-refractivity contribution in [1.29, 1.82) is 0 Å². The highest BCUT2D eigenvalue weighted by atomic mass is 32.2. The highest BCUT2D eigenvalue weighted by Crippen LogP contribution is 2.24. The van der Waals surface area contributed by atoms with Gasteiger partial charge in [0.1, 0.15) is 0 Å². The number of carbonyl (C=O) groups excluding carboxylic acids is 1. The molecule has 4 heteroatoms. The number of hydrogen-bond donors (Lipinski definition) is 0. The van der Waals surface area contributed by atoms with Crippen LogP contribution in [0, 0.1) is 0 Å². The van der Waals surface area contributed by atoms with Gasteiger partial charge in [-0.1, -0.05) is 30.3 Å². The molecule has 1 amide bonds. The Morgan fingerprint density at radius 1 is 1.12 bits per heavy atom. The van der Waals surface area contributed by atoms with Crippen molar-refractivity contribution in [2.24, 2.45) is 0 Å². The molecule has 0 bridgehead atoms. The lowest BCUT2D eigenvalue weighted by Crippen LogP contribution is -2.50. The van der Waals surface area contributed by atoms with Crippen LogP contribution < -0.4 is 0 Å². The largest absolute Gasteiger partial charge is 0.372 e. The smallest absolute Gasteiger partial charge is 0.254 e. The summed E-state index contributed by atoms with van der Waals surface area (Å²) in [6, 6.07) is 18.3. The van der Waals surface area contributed by atoms with Crippen LogP contribution in [-0.4, -0.2) is 36.1 Å². The summed E-state index contributed by atoms with van der Waals surface area (Å²) in [5.74, 6) is 1.03. The first-order valence-corrected chi connectivity index (χ1v) is 9.22. The van der Waals surface area contributed by atoms with Crippen LogP contribution in [0.3, 0.4) is 0 Å². The van der Waals surface area contributed by atoms with Crippen molar-refractivity contribution in [1.82, 2.24) is 4.90 Å². The number of benzene rings is 2. The van der Waals surface area contributed by atoms with Crippen LogP contribution in [-0.2, 0) is 10.5 Å². The van der Waals surface area contributed by atoms with Crippen molar-refractivity contribution in [2.45, 2.75) is 30.1 Å². The van der Waals surface area contributed by atoms with Gasteiger partial charge in [-0.3, -0.25) is 4.79 Å². The Morgan fingerprint density at radius 2 is 1.83 bits per heavy atom. The number of nitrogens with zero attached hydrogens (tertiary/aromatic N) is 1. The maximum absolute atomic E-state index is 12.6. The normalized spacial score (nSPS) is 16.8. The van der Waals surface area contributed by atoms with Gasteiger partial charge in [-0.15, -0.1) is 11.8 Å². The maximum Gasteiger partial charge on any atom is 0.254 e. The summed E-state index contributed by atoms with van der Waals surface area (Å²) in [5, 5.41) is 0. The second-order valence-electron chi connectivity index (χ2n) is 6.63. The fourth-order valence-corrected chi connectivity index (χ4v) is 3.66. The summed E-state index contributed by atoms with van der Waals surface area (Å²) in [4.78, 5) is 15.7. The van der Waals surface area contributed by atoms with Crippen molar-refractivity contribution in [3.8, 4) is 0 Å². The first kappa shape index (κ1) is 17.1. The molecule has 3 rings (SSSR count). The van der Waals surface area contributed by atoms with E-state index in [9.17, 15) is 4.79 Å².